The number of unbranched alkanes of at least 4 members (excludes halogenated alkanes) is 4. The molecule has 3 aromatic carbocycles. The van der Waals surface area contributed by atoms with Crippen molar-refractivity contribution in [2.45, 2.75) is 80.1 Å². The molecule has 0 saturated carbocycles. The van der Waals surface area contributed by atoms with Crippen LogP contribution in [-0.4, -0.2) is 50.2 Å². The number of nitrogens with one attached hydrogen (secondary N) is 1. The maximum Gasteiger partial charge on any atom is 0.407 e. The first kappa shape index (κ1) is 42.0. The van der Waals surface area contributed by atoms with Crippen molar-refractivity contribution in [3.8, 4) is 5.75 Å². The van der Waals surface area contributed by atoms with Gasteiger partial charge in [-0.25, -0.2) is 4.79 Å². The minimum absolute atomic E-state index is 0.0204. The third kappa shape index (κ3) is 15.0. The molecule has 13 nitrogen and oxygen atoms in total. The van der Waals surface area contributed by atoms with E-state index in [2.05, 4.69) is 51.4 Å². The van der Waals surface area contributed by atoms with Gasteiger partial charge in [-0.15, -0.1) is 15.3 Å². The monoisotopic (exact) mass is 727 g/mol. The van der Waals surface area contributed by atoms with E-state index in [-0.39, 0.29) is 29.2 Å². The van der Waals surface area contributed by atoms with Crippen molar-refractivity contribution >= 4 is 46.0 Å². The molecule has 0 saturated heterocycles. The summed E-state index contributed by atoms with van der Waals surface area (Å²) in [6.45, 7) is 13.9. The number of nitro groups is 1. The SMILES string of the molecule is CCN(CCOC(=O)NCCCCCCCC(=O)/C=C/C(C)(C)C)c1ccc(N=Nc2cc(C)c(N=Nc3ccc(C)cc3[N+](=O)[O-])cc2OC)cc1. The molecular formula is C40H53N7O6. The Morgan fingerprint density at radius 1 is 0.887 bits per heavy atom. The smallest absolute Gasteiger partial charge is 0.407 e. The number of carbonyl (C=O) groups excluding carboxylic acids is 2. The van der Waals surface area contributed by atoms with Gasteiger partial charge >= 0.3 is 6.09 Å². The van der Waals surface area contributed by atoms with Crippen LogP contribution in [0.4, 0.5) is 38.9 Å². The van der Waals surface area contributed by atoms with Crippen molar-refractivity contribution in [3.63, 3.8) is 0 Å². The fourth-order valence-electron chi connectivity index (χ4n) is 5.17. The average Bonchev–Trinajstić information content (AvgIpc) is 3.12. The van der Waals surface area contributed by atoms with E-state index >= 15 is 0 Å². The summed E-state index contributed by atoms with van der Waals surface area (Å²) in [4.78, 5) is 37.2. The molecule has 0 aliphatic rings. The normalized spacial score (nSPS) is 11.8. The Morgan fingerprint density at radius 3 is 2.25 bits per heavy atom. The number of ether oxygens (including phenoxy) is 2. The topological polar surface area (TPSA) is 160 Å². The predicted molar refractivity (Wildman–Crippen MR) is 209 cm³/mol. The number of likely N-dealkylation sites (N-methyl/N-ethyl adjacent to an activating group) is 1. The fraction of sp³-hybridized carbons (Fsp3) is 0.450. The number of hydrogen-bond acceptors (Lipinski definition) is 11. The lowest BCUT2D eigenvalue weighted by Gasteiger charge is -2.23. The van der Waals surface area contributed by atoms with Gasteiger partial charge in [0.05, 0.1) is 30.0 Å². The Kier molecular flexibility index (Phi) is 16.7. The molecule has 0 fully saturated rings. The molecule has 0 aliphatic heterocycles. The number of ketones is 1. The van der Waals surface area contributed by atoms with E-state index in [4.69, 9.17) is 9.47 Å². The summed E-state index contributed by atoms with van der Waals surface area (Å²) in [6.07, 6.45) is 8.58. The molecule has 0 bridgehead atoms. The first-order chi connectivity index (χ1) is 25.3. The number of nitrogens with zero attached hydrogens (tertiary/aromatic N) is 6. The molecular weight excluding hydrogens is 674 g/mol. The standard InChI is InChI=1S/C40H53N7O6/c1-8-46(24-25-53-39(49)41-23-13-11-9-10-12-14-33(48)21-22-40(4,5)6)32-18-16-31(17-19-32)42-45-36-27-30(3)35(28-38(36)52-7)44-43-34-20-15-29(2)26-37(34)47(50)51/h15-22,26-28H,8-14,23-25H2,1-7H3,(H,41,49)/b22-21+,44-43?,45-42?. The minimum atomic E-state index is -0.478. The Morgan fingerprint density at radius 2 is 1.57 bits per heavy atom. The van der Waals surface area contributed by atoms with Crippen LogP contribution in [0.2, 0.25) is 0 Å². The number of alkyl carbamates (subject to hydrolysis) is 1. The highest BCUT2D eigenvalue weighted by Crippen LogP contribution is 2.37. The number of methoxy groups -OCH3 is 1. The van der Waals surface area contributed by atoms with E-state index in [0.717, 1.165) is 55.5 Å². The summed E-state index contributed by atoms with van der Waals surface area (Å²) < 4.78 is 10.9. The summed E-state index contributed by atoms with van der Waals surface area (Å²) in [6, 6.07) is 15.8. The van der Waals surface area contributed by atoms with Crippen LogP contribution in [-0.2, 0) is 9.53 Å². The number of azo groups is 2. The van der Waals surface area contributed by atoms with Gasteiger partial charge in [-0.3, -0.25) is 14.9 Å². The maximum atomic E-state index is 12.2. The molecule has 3 rings (SSSR count). The highest BCUT2D eigenvalue weighted by Gasteiger charge is 2.15. The lowest BCUT2D eigenvalue weighted by Crippen LogP contribution is -2.31. The molecule has 0 unspecified atom stereocenters. The van der Waals surface area contributed by atoms with E-state index in [1.165, 1.54) is 13.2 Å². The zero-order valence-corrected chi connectivity index (χ0v) is 32.1. The summed E-state index contributed by atoms with van der Waals surface area (Å²) in [7, 11) is 1.51. The van der Waals surface area contributed by atoms with Crippen LogP contribution < -0.4 is 15.0 Å². The van der Waals surface area contributed by atoms with Gasteiger partial charge in [0.2, 0.25) is 0 Å². The van der Waals surface area contributed by atoms with E-state index in [1.54, 1.807) is 37.3 Å². The highest BCUT2D eigenvalue weighted by molar-refractivity contribution is 5.89. The minimum Gasteiger partial charge on any atom is -0.494 e. The predicted octanol–water partition coefficient (Wildman–Crippen LogP) is 11.1. The van der Waals surface area contributed by atoms with Crippen molar-refractivity contribution in [3.05, 3.63) is 88.0 Å². The number of anilines is 1. The van der Waals surface area contributed by atoms with Gasteiger partial charge in [-0.05, 0) is 92.6 Å². The Labute approximate surface area is 312 Å². The quantitative estimate of drug-likeness (QED) is 0.0398. The van der Waals surface area contributed by atoms with Crippen LogP contribution in [0.5, 0.6) is 5.75 Å². The number of allylic oxidation sites excluding steroid dienone is 2. The first-order valence-corrected chi connectivity index (χ1v) is 18.0. The maximum absolute atomic E-state index is 12.2. The number of hydrogen-bond donors (Lipinski definition) is 1. The number of rotatable bonds is 20. The third-order valence-corrected chi connectivity index (χ3v) is 8.19. The highest BCUT2D eigenvalue weighted by atomic mass is 16.6. The molecule has 0 aliphatic carbocycles. The van der Waals surface area contributed by atoms with Gasteiger partial charge in [0.1, 0.15) is 18.0 Å². The number of carbonyl (C=O) groups is 2. The van der Waals surface area contributed by atoms with Crippen molar-refractivity contribution in [2.75, 3.05) is 38.3 Å². The summed E-state index contributed by atoms with van der Waals surface area (Å²) in [5, 5.41) is 31.4. The van der Waals surface area contributed by atoms with Crippen molar-refractivity contribution in [2.24, 2.45) is 25.9 Å². The van der Waals surface area contributed by atoms with Crippen LogP contribution in [0.15, 0.2) is 87.2 Å². The largest absolute Gasteiger partial charge is 0.494 e. The number of benzene rings is 3. The molecule has 3 aromatic rings. The van der Waals surface area contributed by atoms with Crippen molar-refractivity contribution in [1.82, 2.24) is 5.32 Å². The molecule has 0 spiro atoms. The van der Waals surface area contributed by atoms with Gasteiger partial charge in [0.25, 0.3) is 5.69 Å². The molecule has 1 N–H and O–H groups in total. The second kappa shape index (κ2) is 21.2. The zero-order valence-electron chi connectivity index (χ0n) is 32.1. The number of aryl methyl sites for hydroxylation is 2. The molecule has 1 amide bonds. The van der Waals surface area contributed by atoms with Gasteiger partial charge in [0, 0.05) is 37.3 Å². The van der Waals surface area contributed by atoms with Crippen LogP contribution >= 0.6 is 0 Å². The summed E-state index contributed by atoms with van der Waals surface area (Å²) in [5.74, 6) is 0.607. The van der Waals surface area contributed by atoms with E-state index < -0.39 is 11.0 Å². The average molecular weight is 728 g/mol. The van der Waals surface area contributed by atoms with Crippen molar-refractivity contribution < 1.29 is 24.0 Å². The Hall–Kier alpha value is -5.46. The summed E-state index contributed by atoms with van der Waals surface area (Å²) in [5.41, 5.74) is 4.13. The summed E-state index contributed by atoms with van der Waals surface area (Å²) >= 11 is 0. The Bertz CT molecular complexity index is 1760. The van der Waals surface area contributed by atoms with E-state index in [0.29, 0.717) is 42.3 Å². The van der Waals surface area contributed by atoms with Gasteiger partial charge in [-0.1, -0.05) is 52.2 Å². The van der Waals surface area contributed by atoms with Crippen LogP contribution in [0.1, 0.15) is 77.3 Å². The lowest BCUT2D eigenvalue weighted by molar-refractivity contribution is -0.384. The fourth-order valence-corrected chi connectivity index (χ4v) is 5.17. The van der Waals surface area contributed by atoms with E-state index in [9.17, 15) is 19.7 Å². The van der Waals surface area contributed by atoms with Crippen LogP contribution in [0.25, 0.3) is 0 Å². The molecule has 13 heteroatoms. The van der Waals surface area contributed by atoms with Crippen LogP contribution in [0, 0.1) is 29.4 Å². The second-order valence-electron chi connectivity index (χ2n) is 13.8. The zero-order chi connectivity index (χ0) is 38.8. The molecule has 53 heavy (non-hydrogen) atoms. The first-order valence-electron chi connectivity index (χ1n) is 18.0. The van der Waals surface area contributed by atoms with Crippen molar-refractivity contribution in [1.29, 1.82) is 0 Å². The van der Waals surface area contributed by atoms with E-state index in [1.807, 2.05) is 44.2 Å². The molecule has 0 radical (unpaired) electrons. The van der Waals surface area contributed by atoms with Crippen LogP contribution in [0.3, 0.4) is 0 Å². The second-order valence-corrected chi connectivity index (χ2v) is 13.8. The number of nitro benzene ring substituents is 1. The number of amides is 1. The molecule has 284 valence electrons. The molecule has 0 aromatic heterocycles. The lowest BCUT2D eigenvalue weighted by atomic mass is 9.95. The molecule has 0 atom stereocenters. The van der Waals surface area contributed by atoms with Gasteiger partial charge in [-0.2, -0.15) is 5.11 Å². The van der Waals surface area contributed by atoms with Gasteiger partial charge in [0.15, 0.2) is 11.5 Å². The Balaban J connectivity index is 1.43. The molecule has 0 heterocycles. The van der Waals surface area contributed by atoms with Gasteiger partial charge < -0.3 is 19.7 Å². The third-order valence-electron chi connectivity index (χ3n) is 8.19.